The summed E-state index contributed by atoms with van der Waals surface area (Å²) in [5.74, 6) is -0.211. The second-order valence-electron chi connectivity index (χ2n) is 1.59. The molecular weight excluding hydrogens is 128 g/mol. The molecule has 0 radical (unpaired) electrons. The molecule has 0 heterocycles. The van der Waals surface area contributed by atoms with Crippen LogP contribution in [0.25, 0.3) is 0 Å². The Hall–Kier alpha value is -0.790. The van der Waals surface area contributed by atoms with Crippen LogP contribution in [0.5, 0.6) is 0 Å². The van der Waals surface area contributed by atoms with E-state index in [2.05, 4.69) is 4.74 Å². The van der Waals surface area contributed by atoms with Gasteiger partial charge in [-0.3, -0.25) is 4.79 Å². The van der Waals surface area contributed by atoms with E-state index in [1.54, 1.807) is 6.92 Å². The molecule has 0 bridgehead atoms. The number of carbonyl (C=O) groups excluding carboxylic acids is 1. The first-order valence-electron chi connectivity index (χ1n) is 3.39. The molecule has 0 aliphatic heterocycles. The number of hydrogen-bond donors (Lipinski definition) is 0. The highest BCUT2D eigenvalue weighted by atomic mass is 16.5. The molecule has 0 N–H and O–H groups in total. The van der Waals surface area contributed by atoms with E-state index >= 15 is 0 Å². The van der Waals surface area contributed by atoms with Gasteiger partial charge in [0.2, 0.25) is 0 Å². The number of ether oxygens (including phenoxy) is 1. The summed E-state index contributed by atoms with van der Waals surface area (Å²) < 4.78 is 4.40. The average Bonchev–Trinajstić information content (AvgIpc) is 1.89. The fraction of sp³-hybridized carbons (Fsp3) is 0.625. The monoisotopic (exact) mass is 144 g/mol. The van der Waals surface area contributed by atoms with E-state index in [1.807, 2.05) is 26.0 Å². The number of carbonyl (C=O) groups is 1. The standard InChI is InChI=1S/C4H8O2.C4H8/c1-3-6-4(2)5;1-3-4-2/h3H2,1-2H3;3-4H,1-2H3. The predicted octanol–water partition coefficient (Wildman–Crippen LogP) is 2.15. The van der Waals surface area contributed by atoms with Crippen molar-refractivity contribution in [1.82, 2.24) is 0 Å². The van der Waals surface area contributed by atoms with E-state index in [-0.39, 0.29) is 5.97 Å². The minimum Gasteiger partial charge on any atom is -0.466 e. The zero-order valence-electron chi connectivity index (χ0n) is 7.18. The fourth-order valence-electron chi connectivity index (χ4n) is 0.203. The van der Waals surface area contributed by atoms with Crippen molar-refractivity contribution in [2.45, 2.75) is 27.7 Å². The quantitative estimate of drug-likeness (QED) is 0.416. The number of allylic oxidation sites excluding steroid dienone is 2. The molecule has 0 unspecified atom stereocenters. The van der Waals surface area contributed by atoms with E-state index < -0.39 is 0 Å². The van der Waals surface area contributed by atoms with Gasteiger partial charge in [-0.1, -0.05) is 12.2 Å². The van der Waals surface area contributed by atoms with Crippen LogP contribution in [0.2, 0.25) is 0 Å². The van der Waals surface area contributed by atoms with Gasteiger partial charge in [0.25, 0.3) is 0 Å². The van der Waals surface area contributed by atoms with Crippen molar-refractivity contribution in [3.8, 4) is 0 Å². The van der Waals surface area contributed by atoms with Crippen LogP contribution in [0.15, 0.2) is 12.2 Å². The molecule has 0 saturated heterocycles. The third kappa shape index (κ3) is 27.0. The van der Waals surface area contributed by atoms with Crippen molar-refractivity contribution in [1.29, 1.82) is 0 Å². The molecule has 0 aromatic rings. The predicted molar refractivity (Wildman–Crippen MR) is 42.8 cm³/mol. The lowest BCUT2D eigenvalue weighted by Gasteiger charge is -1.89. The lowest BCUT2D eigenvalue weighted by molar-refractivity contribution is -0.140. The van der Waals surface area contributed by atoms with E-state index in [1.165, 1.54) is 6.92 Å². The van der Waals surface area contributed by atoms with Crippen LogP contribution >= 0.6 is 0 Å². The van der Waals surface area contributed by atoms with Crippen LogP contribution in [0.4, 0.5) is 0 Å². The van der Waals surface area contributed by atoms with E-state index in [0.29, 0.717) is 6.61 Å². The van der Waals surface area contributed by atoms with Crippen molar-refractivity contribution in [3.63, 3.8) is 0 Å². The first-order valence-corrected chi connectivity index (χ1v) is 3.39. The zero-order valence-corrected chi connectivity index (χ0v) is 7.18. The first-order chi connectivity index (χ1) is 4.68. The molecule has 0 aliphatic carbocycles. The maximum Gasteiger partial charge on any atom is 0.302 e. The van der Waals surface area contributed by atoms with Gasteiger partial charge in [0.05, 0.1) is 6.61 Å². The van der Waals surface area contributed by atoms with Crippen LogP contribution < -0.4 is 0 Å². The van der Waals surface area contributed by atoms with Gasteiger partial charge >= 0.3 is 5.97 Å². The summed E-state index contributed by atoms with van der Waals surface area (Å²) in [5, 5.41) is 0. The van der Waals surface area contributed by atoms with E-state index in [9.17, 15) is 4.79 Å². The lowest BCUT2D eigenvalue weighted by atomic mass is 10.6. The maximum atomic E-state index is 9.82. The smallest absolute Gasteiger partial charge is 0.302 e. The van der Waals surface area contributed by atoms with Gasteiger partial charge in [0.15, 0.2) is 0 Å². The van der Waals surface area contributed by atoms with Crippen LogP contribution in [-0.4, -0.2) is 12.6 Å². The first kappa shape index (κ1) is 11.9. The second kappa shape index (κ2) is 11.1. The summed E-state index contributed by atoms with van der Waals surface area (Å²) in [4.78, 5) is 9.82. The largest absolute Gasteiger partial charge is 0.466 e. The Morgan fingerprint density at radius 2 is 1.80 bits per heavy atom. The maximum absolute atomic E-state index is 9.82. The second-order valence-corrected chi connectivity index (χ2v) is 1.59. The van der Waals surface area contributed by atoms with Gasteiger partial charge in [0.1, 0.15) is 0 Å². The fourth-order valence-corrected chi connectivity index (χ4v) is 0.203. The highest BCUT2D eigenvalue weighted by molar-refractivity contribution is 5.65. The highest BCUT2D eigenvalue weighted by Crippen LogP contribution is 1.69. The molecule has 60 valence electrons. The van der Waals surface area contributed by atoms with Gasteiger partial charge in [-0.15, -0.1) is 0 Å². The Morgan fingerprint density at radius 1 is 1.40 bits per heavy atom. The molecule has 10 heavy (non-hydrogen) atoms. The lowest BCUT2D eigenvalue weighted by Crippen LogP contribution is -1.95. The van der Waals surface area contributed by atoms with Crippen LogP contribution in [0, 0.1) is 0 Å². The molecule has 0 aliphatic rings. The summed E-state index contributed by atoms with van der Waals surface area (Å²) in [6.07, 6.45) is 4.00. The molecular formula is C8H16O2. The van der Waals surface area contributed by atoms with E-state index in [4.69, 9.17) is 0 Å². The number of hydrogen-bond acceptors (Lipinski definition) is 2. The molecule has 0 aromatic heterocycles. The summed E-state index contributed by atoms with van der Waals surface area (Å²) in [6.45, 7) is 7.65. The third-order valence-corrected chi connectivity index (χ3v) is 0.681. The highest BCUT2D eigenvalue weighted by Gasteiger charge is 1.81. The van der Waals surface area contributed by atoms with Gasteiger partial charge in [-0.05, 0) is 20.8 Å². The summed E-state index contributed by atoms with van der Waals surface area (Å²) in [6, 6.07) is 0. The van der Waals surface area contributed by atoms with Crippen LogP contribution in [-0.2, 0) is 9.53 Å². The minimum absolute atomic E-state index is 0.211. The van der Waals surface area contributed by atoms with Crippen molar-refractivity contribution in [2.24, 2.45) is 0 Å². The Labute approximate surface area is 62.9 Å². The Balaban J connectivity index is 0. The Morgan fingerprint density at radius 3 is 1.80 bits per heavy atom. The molecule has 0 atom stereocenters. The molecule has 2 nitrogen and oxygen atoms in total. The molecule has 0 aromatic carbocycles. The van der Waals surface area contributed by atoms with Crippen molar-refractivity contribution in [2.75, 3.05) is 6.61 Å². The van der Waals surface area contributed by atoms with Crippen LogP contribution in [0.3, 0.4) is 0 Å². The normalized spacial score (nSPS) is 8.40. The van der Waals surface area contributed by atoms with E-state index in [0.717, 1.165) is 0 Å². The molecule has 0 saturated carbocycles. The summed E-state index contributed by atoms with van der Waals surface area (Å²) in [5.41, 5.74) is 0. The molecule has 0 fully saturated rings. The Bertz CT molecular complexity index is 91.4. The van der Waals surface area contributed by atoms with Gasteiger partial charge in [0, 0.05) is 6.92 Å². The van der Waals surface area contributed by atoms with Gasteiger partial charge < -0.3 is 4.74 Å². The third-order valence-electron chi connectivity index (χ3n) is 0.681. The molecule has 2 heteroatoms. The SMILES string of the molecule is CC=CC.CCOC(C)=O. The molecule has 0 amide bonds. The summed E-state index contributed by atoms with van der Waals surface area (Å²) >= 11 is 0. The topological polar surface area (TPSA) is 26.3 Å². The Kier molecular flexibility index (Phi) is 13.2. The zero-order chi connectivity index (χ0) is 8.41. The minimum atomic E-state index is -0.211. The number of rotatable bonds is 1. The molecule has 0 spiro atoms. The number of esters is 1. The van der Waals surface area contributed by atoms with Crippen LogP contribution in [0.1, 0.15) is 27.7 Å². The van der Waals surface area contributed by atoms with Gasteiger partial charge in [-0.25, -0.2) is 0 Å². The van der Waals surface area contributed by atoms with Crippen molar-refractivity contribution >= 4 is 5.97 Å². The summed E-state index contributed by atoms with van der Waals surface area (Å²) in [7, 11) is 0. The van der Waals surface area contributed by atoms with Crippen molar-refractivity contribution in [3.05, 3.63) is 12.2 Å². The van der Waals surface area contributed by atoms with Crippen molar-refractivity contribution < 1.29 is 9.53 Å². The molecule has 0 rings (SSSR count). The van der Waals surface area contributed by atoms with Gasteiger partial charge in [-0.2, -0.15) is 0 Å². The average molecular weight is 144 g/mol.